The molecule has 7 nitrogen and oxygen atoms in total. The van der Waals surface area contributed by atoms with Gasteiger partial charge in [0.05, 0.1) is 23.6 Å². The zero-order valence-electron chi connectivity index (χ0n) is 17.7. The fourth-order valence-electron chi connectivity index (χ4n) is 3.54. The van der Waals surface area contributed by atoms with E-state index in [9.17, 15) is 18.0 Å². The summed E-state index contributed by atoms with van der Waals surface area (Å²) < 4.78 is 43.5. The zero-order valence-corrected chi connectivity index (χ0v) is 17.7. The Morgan fingerprint density at radius 2 is 1.94 bits per heavy atom. The number of hydrogen-bond acceptors (Lipinski definition) is 4. The van der Waals surface area contributed by atoms with E-state index in [0.717, 1.165) is 15.8 Å². The van der Waals surface area contributed by atoms with Gasteiger partial charge in [-0.25, -0.2) is 22.7 Å². The predicted molar refractivity (Wildman–Crippen MR) is 112 cm³/mol. The molecule has 10 heteroatoms. The normalized spacial score (nSPS) is 12.5. The van der Waals surface area contributed by atoms with Crippen molar-refractivity contribution in [3.8, 4) is 11.3 Å². The Labute approximate surface area is 181 Å². The van der Waals surface area contributed by atoms with Gasteiger partial charge in [0.2, 0.25) is 0 Å². The van der Waals surface area contributed by atoms with Crippen LogP contribution in [0.4, 0.5) is 13.2 Å². The minimum atomic E-state index is -2.85. The molecular formula is C22H21F3N6O. The standard InChI is InChI=1S/C22H21F3N6O/c1-4-30-11-17(13(3)29-30)12(2)27-22(32)16-10-26-31-19(20(24)25)9-18(28-21(16)31)14-5-7-15(23)8-6-14/h5-12,20H,4H2,1-3H3,(H,27,32). The maximum atomic E-state index is 13.7. The average Bonchev–Trinajstić information content (AvgIpc) is 3.36. The Kier molecular flexibility index (Phi) is 5.68. The minimum absolute atomic E-state index is 0.00667. The van der Waals surface area contributed by atoms with Gasteiger partial charge in [0.25, 0.3) is 12.3 Å². The Morgan fingerprint density at radius 1 is 1.22 bits per heavy atom. The smallest absolute Gasteiger partial charge is 0.280 e. The van der Waals surface area contributed by atoms with Gasteiger partial charge < -0.3 is 5.32 Å². The number of carbonyl (C=O) groups excluding carboxylic acids is 1. The fraction of sp³-hybridized carbons (Fsp3) is 0.273. The van der Waals surface area contributed by atoms with Crippen LogP contribution in [0.15, 0.2) is 42.7 Å². The first-order chi connectivity index (χ1) is 15.3. The van der Waals surface area contributed by atoms with Gasteiger partial charge in [-0.1, -0.05) is 0 Å². The van der Waals surface area contributed by atoms with Crippen LogP contribution in [0.3, 0.4) is 0 Å². The molecule has 0 aliphatic carbocycles. The highest BCUT2D eigenvalue weighted by Gasteiger charge is 2.23. The van der Waals surface area contributed by atoms with E-state index < -0.39 is 23.8 Å². The number of benzene rings is 1. The van der Waals surface area contributed by atoms with Crippen molar-refractivity contribution in [3.63, 3.8) is 0 Å². The Balaban J connectivity index is 1.73. The van der Waals surface area contributed by atoms with Crippen molar-refractivity contribution in [1.29, 1.82) is 0 Å². The van der Waals surface area contributed by atoms with Crippen molar-refractivity contribution in [3.05, 3.63) is 71.1 Å². The number of nitrogens with one attached hydrogen (secondary N) is 1. The molecule has 4 rings (SSSR count). The first-order valence-corrected chi connectivity index (χ1v) is 10.1. The topological polar surface area (TPSA) is 77.1 Å². The van der Waals surface area contributed by atoms with E-state index in [1.165, 1.54) is 36.5 Å². The summed E-state index contributed by atoms with van der Waals surface area (Å²) >= 11 is 0. The summed E-state index contributed by atoms with van der Waals surface area (Å²) in [7, 11) is 0. The summed E-state index contributed by atoms with van der Waals surface area (Å²) in [5.74, 6) is -0.955. The Bertz CT molecular complexity index is 1280. The lowest BCUT2D eigenvalue weighted by molar-refractivity contribution is 0.0941. The molecule has 1 atom stereocenters. The predicted octanol–water partition coefficient (Wildman–Crippen LogP) is 4.49. The van der Waals surface area contributed by atoms with Crippen LogP contribution in [0, 0.1) is 12.7 Å². The number of fused-ring (bicyclic) bond motifs is 1. The Hall–Kier alpha value is -3.69. The van der Waals surface area contributed by atoms with Gasteiger partial charge in [0, 0.05) is 23.9 Å². The van der Waals surface area contributed by atoms with Crippen molar-refractivity contribution in [2.45, 2.75) is 39.8 Å². The second-order valence-corrected chi connectivity index (χ2v) is 7.39. The SMILES string of the molecule is CCn1cc(C(C)NC(=O)c2cnn3c(C(F)F)cc(-c4ccc(F)cc4)nc23)c(C)n1. The summed E-state index contributed by atoms with van der Waals surface area (Å²) in [5.41, 5.74) is 1.91. The van der Waals surface area contributed by atoms with Gasteiger partial charge >= 0.3 is 0 Å². The van der Waals surface area contributed by atoms with E-state index in [0.29, 0.717) is 12.1 Å². The van der Waals surface area contributed by atoms with Crippen molar-refractivity contribution in [1.82, 2.24) is 29.7 Å². The molecule has 3 aromatic heterocycles. The number of hydrogen-bond donors (Lipinski definition) is 1. The molecule has 0 radical (unpaired) electrons. The van der Waals surface area contributed by atoms with E-state index in [1.807, 2.05) is 27.0 Å². The summed E-state index contributed by atoms with van der Waals surface area (Å²) in [6.45, 7) is 6.33. The molecule has 1 aromatic carbocycles. The number of nitrogens with zero attached hydrogens (tertiary/aromatic N) is 5. The molecule has 0 saturated heterocycles. The maximum absolute atomic E-state index is 13.7. The third kappa shape index (κ3) is 3.95. The largest absolute Gasteiger partial charge is 0.345 e. The van der Waals surface area contributed by atoms with Crippen molar-refractivity contribution in [2.24, 2.45) is 0 Å². The van der Waals surface area contributed by atoms with Crippen LogP contribution < -0.4 is 5.32 Å². The second-order valence-electron chi connectivity index (χ2n) is 7.39. The second kappa shape index (κ2) is 8.45. The molecule has 1 N–H and O–H groups in total. The van der Waals surface area contributed by atoms with E-state index in [1.54, 1.807) is 4.68 Å². The zero-order chi connectivity index (χ0) is 23.0. The first kappa shape index (κ1) is 21.5. The average molecular weight is 442 g/mol. The molecule has 0 bridgehead atoms. The number of rotatable bonds is 6. The summed E-state index contributed by atoms with van der Waals surface area (Å²) in [6.07, 6.45) is 0.223. The highest BCUT2D eigenvalue weighted by atomic mass is 19.3. The molecule has 166 valence electrons. The number of halogens is 3. The number of aromatic nitrogens is 5. The van der Waals surface area contributed by atoms with Gasteiger partial charge in [-0.3, -0.25) is 9.48 Å². The molecule has 1 unspecified atom stereocenters. The van der Waals surface area contributed by atoms with Gasteiger partial charge in [-0.15, -0.1) is 0 Å². The molecule has 0 fully saturated rings. The van der Waals surface area contributed by atoms with Crippen LogP contribution >= 0.6 is 0 Å². The molecule has 1 amide bonds. The van der Waals surface area contributed by atoms with Crippen LogP contribution in [0.2, 0.25) is 0 Å². The summed E-state index contributed by atoms with van der Waals surface area (Å²) in [4.78, 5) is 17.4. The monoisotopic (exact) mass is 442 g/mol. The molecule has 32 heavy (non-hydrogen) atoms. The van der Waals surface area contributed by atoms with Crippen molar-refractivity contribution >= 4 is 11.6 Å². The van der Waals surface area contributed by atoms with Crippen LogP contribution in [0.25, 0.3) is 16.9 Å². The first-order valence-electron chi connectivity index (χ1n) is 10.1. The van der Waals surface area contributed by atoms with Crippen LogP contribution in [0.1, 0.15) is 53.6 Å². The number of alkyl halides is 2. The van der Waals surface area contributed by atoms with Gasteiger partial charge in [0.1, 0.15) is 17.1 Å². The third-order valence-electron chi connectivity index (χ3n) is 5.23. The van der Waals surface area contributed by atoms with E-state index in [4.69, 9.17) is 0 Å². The quantitative estimate of drug-likeness (QED) is 0.477. The van der Waals surface area contributed by atoms with Gasteiger partial charge in [0.15, 0.2) is 5.65 Å². The van der Waals surface area contributed by atoms with Crippen LogP contribution in [0.5, 0.6) is 0 Å². The van der Waals surface area contributed by atoms with Crippen molar-refractivity contribution in [2.75, 3.05) is 0 Å². The molecular weight excluding hydrogens is 421 g/mol. The van der Waals surface area contributed by atoms with E-state index in [-0.39, 0.29) is 22.9 Å². The van der Waals surface area contributed by atoms with E-state index in [2.05, 4.69) is 20.5 Å². The highest BCUT2D eigenvalue weighted by Crippen LogP contribution is 2.27. The van der Waals surface area contributed by atoms with Gasteiger partial charge in [-0.2, -0.15) is 10.2 Å². The lowest BCUT2D eigenvalue weighted by Gasteiger charge is -2.13. The maximum Gasteiger partial charge on any atom is 0.280 e. The number of amides is 1. The summed E-state index contributed by atoms with van der Waals surface area (Å²) in [5, 5.41) is 11.2. The number of aryl methyl sites for hydroxylation is 2. The fourth-order valence-corrected chi connectivity index (χ4v) is 3.54. The molecule has 0 aliphatic rings. The molecule has 3 heterocycles. The van der Waals surface area contributed by atoms with Crippen LogP contribution in [-0.2, 0) is 6.54 Å². The van der Waals surface area contributed by atoms with Crippen molar-refractivity contribution < 1.29 is 18.0 Å². The molecule has 0 saturated carbocycles. The van der Waals surface area contributed by atoms with Crippen LogP contribution in [-0.4, -0.2) is 30.3 Å². The van der Waals surface area contributed by atoms with Gasteiger partial charge in [-0.05, 0) is 51.1 Å². The molecule has 0 aliphatic heterocycles. The minimum Gasteiger partial charge on any atom is -0.345 e. The van der Waals surface area contributed by atoms with E-state index >= 15 is 0 Å². The summed E-state index contributed by atoms with van der Waals surface area (Å²) in [6, 6.07) is 6.13. The Morgan fingerprint density at radius 3 is 2.56 bits per heavy atom. The third-order valence-corrected chi connectivity index (χ3v) is 5.23. The lowest BCUT2D eigenvalue weighted by Crippen LogP contribution is -2.27. The highest BCUT2D eigenvalue weighted by molar-refractivity contribution is 6.00. The molecule has 4 aromatic rings. The number of carbonyl (C=O) groups is 1. The molecule has 0 spiro atoms. The lowest BCUT2D eigenvalue weighted by atomic mass is 10.1.